The van der Waals surface area contributed by atoms with E-state index in [2.05, 4.69) is 0 Å². The Morgan fingerprint density at radius 2 is 1.79 bits per heavy atom. The number of hydrogen-bond donors (Lipinski definition) is 1. The normalized spacial score (nSPS) is 15.2. The van der Waals surface area contributed by atoms with Crippen LogP contribution in [-0.4, -0.2) is 37.6 Å². The number of nitrogens with zero attached hydrogens (tertiary/aromatic N) is 1. The second-order valence-corrected chi connectivity index (χ2v) is 9.37. The Morgan fingerprint density at radius 3 is 2.54 bits per heavy atom. The van der Waals surface area contributed by atoms with Gasteiger partial charge in [0.05, 0.1) is 32.4 Å². The van der Waals surface area contributed by atoms with Gasteiger partial charge in [-0.25, -0.2) is 0 Å². The van der Waals surface area contributed by atoms with Crippen LogP contribution in [0.3, 0.4) is 0 Å². The number of amides is 1. The number of halogens is 1. The van der Waals surface area contributed by atoms with Crippen LogP contribution < -0.4 is 19.1 Å². The maximum Gasteiger partial charge on any atom is 0.294 e. The van der Waals surface area contributed by atoms with Gasteiger partial charge >= 0.3 is 0 Å². The summed E-state index contributed by atoms with van der Waals surface area (Å²) in [5.74, 6) is -0.673. The predicted octanol–water partition coefficient (Wildman–Crippen LogP) is 6.68. The zero-order valence-electron chi connectivity index (χ0n) is 21.6. The molecule has 1 amide bonds. The number of benzene rings is 3. The molecule has 1 aromatic heterocycles. The number of anilines is 1. The Labute approximate surface area is 229 Å². The molecule has 1 aliphatic rings. The smallest absolute Gasteiger partial charge is 0.294 e. The fourth-order valence-corrected chi connectivity index (χ4v) is 4.87. The lowest BCUT2D eigenvalue weighted by Crippen LogP contribution is -2.31. The molecule has 5 rings (SSSR count). The lowest BCUT2D eigenvalue weighted by molar-refractivity contribution is -0.117. The molecule has 0 aliphatic carbocycles. The third-order valence-electron chi connectivity index (χ3n) is 6.42. The second-order valence-electron chi connectivity index (χ2n) is 8.93. The van der Waals surface area contributed by atoms with Crippen LogP contribution in [0.25, 0.3) is 11.0 Å². The van der Waals surface area contributed by atoms with Gasteiger partial charge in [0, 0.05) is 28.2 Å². The monoisotopic (exact) mass is 547 g/mol. The van der Waals surface area contributed by atoms with E-state index in [4.69, 9.17) is 30.2 Å². The van der Waals surface area contributed by atoms with E-state index < -0.39 is 23.5 Å². The van der Waals surface area contributed by atoms with Crippen molar-refractivity contribution in [1.29, 1.82) is 0 Å². The number of Topliss-reactive ketones (excluding diaryl/α,β-unsaturated/α-hetero) is 1. The van der Waals surface area contributed by atoms with Crippen molar-refractivity contribution in [1.82, 2.24) is 0 Å². The van der Waals surface area contributed by atoms with E-state index >= 15 is 0 Å². The number of aliphatic hydroxyl groups excluding tert-OH is 1. The number of ketones is 1. The van der Waals surface area contributed by atoms with Gasteiger partial charge in [0.1, 0.15) is 11.5 Å². The zero-order valence-corrected chi connectivity index (χ0v) is 22.3. The van der Waals surface area contributed by atoms with Crippen LogP contribution in [0.4, 0.5) is 5.69 Å². The van der Waals surface area contributed by atoms with Crippen molar-refractivity contribution in [3.63, 3.8) is 0 Å². The van der Waals surface area contributed by atoms with Crippen LogP contribution in [0.15, 0.2) is 82.5 Å². The molecular formula is C30H26ClNO7. The number of aliphatic hydroxyl groups is 1. The van der Waals surface area contributed by atoms with Crippen LogP contribution in [0.5, 0.6) is 17.2 Å². The highest BCUT2D eigenvalue weighted by Crippen LogP contribution is 2.44. The Bertz CT molecular complexity index is 1610. The minimum atomic E-state index is -0.971. The molecule has 39 heavy (non-hydrogen) atoms. The van der Waals surface area contributed by atoms with E-state index in [1.54, 1.807) is 60.7 Å². The van der Waals surface area contributed by atoms with Crippen LogP contribution in [0, 0.1) is 0 Å². The van der Waals surface area contributed by atoms with Gasteiger partial charge in [-0.3, -0.25) is 14.5 Å². The maximum atomic E-state index is 14.0. The number of ether oxygens (including phenoxy) is 3. The number of rotatable bonds is 9. The Hall–Kier alpha value is -4.43. The van der Waals surface area contributed by atoms with Gasteiger partial charge in [0.15, 0.2) is 22.9 Å². The maximum absolute atomic E-state index is 14.0. The summed E-state index contributed by atoms with van der Waals surface area (Å²) < 4.78 is 22.4. The first-order chi connectivity index (χ1) is 18.9. The van der Waals surface area contributed by atoms with E-state index in [1.807, 2.05) is 6.92 Å². The summed E-state index contributed by atoms with van der Waals surface area (Å²) in [6.07, 6.45) is 0.812. The molecule has 0 saturated carbocycles. The molecule has 3 aromatic carbocycles. The van der Waals surface area contributed by atoms with Gasteiger partial charge in [0.25, 0.3) is 5.91 Å². The van der Waals surface area contributed by atoms with Gasteiger partial charge in [-0.2, -0.15) is 0 Å². The fourth-order valence-electron chi connectivity index (χ4n) is 4.66. The standard InChI is InChI=1S/C30H26ClNO7/c1-4-11-38-22-10-5-7-17(13-22)26-25(28(34)30(35)32(26)20-8-6-9-21(16-20)36-2)27(33)23-14-18-12-19(31)15-24(37-3)29(18)39-23/h5-10,12-16,26,34H,4,11H2,1-3H3. The fraction of sp³-hybridized carbons (Fsp3) is 0.200. The van der Waals surface area contributed by atoms with Crippen molar-refractivity contribution in [2.45, 2.75) is 19.4 Å². The quantitative estimate of drug-likeness (QED) is 0.233. The average Bonchev–Trinajstić information content (AvgIpc) is 3.49. The third-order valence-corrected chi connectivity index (χ3v) is 6.64. The molecule has 1 unspecified atom stereocenters. The first-order valence-electron chi connectivity index (χ1n) is 12.3. The molecule has 0 saturated heterocycles. The molecule has 8 nitrogen and oxygen atoms in total. The minimum absolute atomic E-state index is 0.0733. The SMILES string of the molecule is CCCOc1cccc(C2C(C(=O)c3cc4cc(Cl)cc(OC)c4o3)=C(O)C(=O)N2c2cccc(OC)c2)c1. The summed E-state index contributed by atoms with van der Waals surface area (Å²) in [4.78, 5) is 28.9. The molecule has 0 bridgehead atoms. The first kappa shape index (κ1) is 26.2. The van der Waals surface area contributed by atoms with Gasteiger partial charge in [-0.05, 0) is 48.4 Å². The van der Waals surface area contributed by atoms with Crippen molar-refractivity contribution in [2.75, 3.05) is 25.7 Å². The van der Waals surface area contributed by atoms with Crippen LogP contribution >= 0.6 is 11.6 Å². The number of carbonyl (C=O) groups excluding carboxylic acids is 2. The number of carbonyl (C=O) groups is 2. The lowest BCUT2D eigenvalue weighted by Gasteiger charge is -2.27. The average molecular weight is 548 g/mol. The molecule has 0 radical (unpaired) electrons. The van der Waals surface area contributed by atoms with Crippen LogP contribution in [0.1, 0.15) is 35.5 Å². The van der Waals surface area contributed by atoms with Crippen molar-refractivity contribution >= 4 is 39.9 Å². The summed E-state index contributed by atoms with van der Waals surface area (Å²) in [5, 5.41) is 12.1. The molecule has 9 heteroatoms. The third kappa shape index (κ3) is 4.79. The Morgan fingerprint density at radius 1 is 1.03 bits per heavy atom. The van der Waals surface area contributed by atoms with E-state index in [9.17, 15) is 14.7 Å². The lowest BCUT2D eigenvalue weighted by atomic mass is 9.94. The highest BCUT2D eigenvalue weighted by atomic mass is 35.5. The largest absolute Gasteiger partial charge is 0.503 e. The number of hydrogen-bond acceptors (Lipinski definition) is 7. The molecule has 0 fully saturated rings. The van der Waals surface area contributed by atoms with Crippen molar-refractivity contribution in [2.24, 2.45) is 0 Å². The number of methoxy groups -OCH3 is 2. The van der Waals surface area contributed by atoms with E-state index in [0.717, 1.165) is 6.42 Å². The van der Waals surface area contributed by atoms with Gasteiger partial charge in [-0.1, -0.05) is 36.7 Å². The zero-order chi connectivity index (χ0) is 27.7. The molecule has 200 valence electrons. The number of fused-ring (bicyclic) bond motifs is 1. The first-order valence-corrected chi connectivity index (χ1v) is 12.7. The van der Waals surface area contributed by atoms with E-state index in [-0.39, 0.29) is 11.3 Å². The van der Waals surface area contributed by atoms with Crippen molar-refractivity contribution in [3.8, 4) is 17.2 Å². The van der Waals surface area contributed by atoms with Gasteiger partial charge in [0.2, 0.25) is 5.78 Å². The molecule has 4 aromatic rings. The molecule has 1 aliphatic heterocycles. The van der Waals surface area contributed by atoms with Gasteiger partial charge in [-0.15, -0.1) is 0 Å². The van der Waals surface area contributed by atoms with E-state index in [1.165, 1.54) is 25.2 Å². The summed E-state index contributed by atoms with van der Waals surface area (Å²) in [6.45, 7) is 2.50. The highest BCUT2D eigenvalue weighted by Gasteiger charge is 2.45. The molecule has 1 atom stereocenters. The summed E-state index contributed by atoms with van der Waals surface area (Å²) in [7, 11) is 2.98. The minimum Gasteiger partial charge on any atom is -0.503 e. The number of furan rings is 1. The van der Waals surface area contributed by atoms with Crippen LogP contribution in [0.2, 0.25) is 5.02 Å². The summed E-state index contributed by atoms with van der Waals surface area (Å²) in [6, 6.07) is 17.7. The summed E-state index contributed by atoms with van der Waals surface area (Å²) in [5.41, 5.74) is 1.21. The predicted molar refractivity (Wildman–Crippen MR) is 147 cm³/mol. The van der Waals surface area contributed by atoms with Crippen molar-refractivity contribution in [3.05, 3.63) is 94.4 Å². The van der Waals surface area contributed by atoms with Crippen LogP contribution in [-0.2, 0) is 4.79 Å². The van der Waals surface area contributed by atoms with Gasteiger partial charge < -0.3 is 23.7 Å². The Kier molecular flexibility index (Phi) is 7.21. The molecule has 0 spiro atoms. The highest BCUT2D eigenvalue weighted by molar-refractivity contribution is 6.31. The molecule has 1 N–H and O–H groups in total. The Balaban J connectivity index is 1.66. The van der Waals surface area contributed by atoms with Crippen molar-refractivity contribution < 1.29 is 33.3 Å². The summed E-state index contributed by atoms with van der Waals surface area (Å²) >= 11 is 6.20. The van der Waals surface area contributed by atoms with E-state index in [0.29, 0.717) is 51.1 Å². The molecular weight excluding hydrogens is 522 g/mol. The molecule has 2 heterocycles. The topological polar surface area (TPSA) is 98.4 Å². The second kappa shape index (κ2) is 10.7.